The average molecular weight is 357 g/mol. The van der Waals surface area contributed by atoms with Crippen LogP contribution in [0.15, 0.2) is 60.9 Å². The fourth-order valence-corrected chi connectivity index (χ4v) is 4.44. The summed E-state index contributed by atoms with van der Waals surface area (Å²) in [6.07, 6.45) is 4.61. The number of pyridine rings is 1. The van der Waals surface area contributed by atoms with Gasteiger partial charge in [-0.25, -0.2) is 9.69 Å². The molecule has 2 fully saturated rings. The number of rotatable bonds is 2. The van der Waals surface area contributed by atoms with Crippen molar-refractivity contribution in [3.8, 4) is 0 Å². The third kappa shape index (κ3) is 2.28. The van der Waals surface area contributed by atoms with E-state index >= 15 is 0 Å². The highest BCUT2D eigenvalue weighted by molar-refractivity contribution is 6.26. The number of aryl methyl sites for hydroxylation is 1. The van der Waals surface area contributed by atoms with E-state index in [9.17, 15) is 9.59 Å². The molecule has 5 rings (SSSR count). The highest BCUT2D eigenvalue weighted by Crippen LogP contribution is 2.49. The fraction of sp³-hybridized carbons (Fsp3) is 0.227. The Hall–Kier alpha value is -3.21. The molecule has 3 aromatic rings. The predicted octanol–water partition coefficient (Wildman–Crippen LogP) is 3.92. The molecule has 1 aliphatic carbocycles. The lowest BCUT2D eigenvalue weighted by Crippen LogP contribution is -2.56. The largest absolute Gasteiger partial charge is 0.329 e. The minimum absolute atomic E-state index is 0.171. The molecule has 0 unspecified atom stereocenters. The van der Waals surface area contributed by atoms with Crippen LogP contribution in [0.4, 0.5) is 10.5 Å². The van der Waals surface area contributed by atoms with Gasteiger partial charge >= 0.3 is 6.03 Å². The monoisotopic (exact) mass is 357 g/mol. The number of benzene rings is 2. The summed E-state index contributed by atoms with van der Waals surface area (Å²) in [7, 11) is 0. The summed E-state index contributed by atoms with van der Waals surface area (Å²) in [5.74, 6) is 0.122. The third-order valence-corrected chi connectivity index (χ3v) is 5.87. The van der Waals surface area contributed by atoms with Crippen LogP contribution in [0, 0.1) is 6.92 Å². The van der Waals surface area contributed by atoms with Gasteiger partial charge in [-0.15, -0.1) is 0 Å². The van der Waals surface area contributed by atoms with Gasteiger partial charge in [0.25, 0.3) is 5.91 Å². The van der Waals surface area contributed by atoms with Crippen LogP contribution >= 0.6 is 0 Å². The van der Waals surface area contributed by atoms with E-state index in [0.717, 1.165) is 10.8 Å². The molecule has 1 aromatic heterocycles. The van der Waals surface area contributed by atoms with Crippen LogP contribution in [0.25, 0.3) is 10.8 Å². The number of imide groups is 1. The van der Waals surface area contributed by atoms with Gasteiger partial charge in [-0.05, 0) is 36.8 Å². The maximum Gasteiger partial charge on any atom is 0.329 e. The van der Waals surface area contributed by atoms with Gasteiger partial charge in [0.05, 0.1) is 11.9 Å². The standard InChI is InChI=1S/C22H19N3O2/c1-14-6-2-4-8-17(14)16-10-22(11-16)20(26)25(21(27)24-22)19-13-23-12-15-7-3-5-9-18(15)19/h2-9,12-13,16H,10-11H2,1H3,(H,24,27). The Morgan fingerprint density at radius 1 is 1.04 bits per heavy atom. The van der Waals surface area contributed by atoms with E-state index in [4.69, 9.17) is 0 Å². The first-order chi connectivity index (χ1) is 13.1. The van der Waals surface area contributed by atoms with E-state index in [-0.39, 0.29) is 11.9 Å². The molecule has 0 radical (unpaired) electrons. The van der Waals surface area contributed by atoms with E-state index < -0.39 is 5.54 Å². The van der Waals surface area contributed by atoms with Crippen molar-refractivity contribution < 1.29 is 9.59 Å². The normalized spacial score (nSPS) is 24.3. The second-order valence-electron chi connectivity index (χ2n) is 7.49. The number of urea groups is 1. The van der Waals surface area contributed by atoms with Crippen molar-refractivity contribution in [3.63, 3.8) is 0 Å². The fourth-order valence-electron chi connectivity index (χ4n) is 4.44. The second-order valence-corrected chi connectivity index (χ2v) is 7.49. The van der Waals surface area contributed by atoms with Crippen molar-refractivity contribution in [2.24, 2.45) is 0 Å². The molecule has 1 N–H and O–H groups in total. The van der Waals surface area contributed by atoms with E-state index in [1.54, 1.807) is 12.4 Å². The lowest BCUT2D eigenvalue weighted by Gasteiger charge is -2.43. The molecule has 1 saturated heterocycles. The predicted molar refractivity (Wildman–Crippen MR) is 104 cm³/mol. The number of hydrogen-bond donors (Lipinski definition) is 1. The van der Waals surface area contributed by atoms with Crippen LogP contribution in [0.1, 0.15) is 29.9 Å². The molecule has 3 amide bonds. The molecular formula is C22H19N3O2. The van der Waals surface area contributed by atoms with Crippen LogP contribution in [0.5, 0.6) is 0 Å². The third-order valence-electron chi connectivity index (χ3n) is 5.87. The number of nitrogens with one attached hydrogen (secondary N) is 1. The molecule has 2 aromatic carbocycles. The highest BCUT2D eigenvalue weighted by Gasteiger charge is 2.59. The Bertz CT molecular complexity index is 1080. The number of hydrogen-bond acceptors (Lipinski definition) is 3. The van der Waals surface area contributed by atoms with Crippen molar-refractivity contribution in [3.05, 3.63) is 72.1 Å². The first-order valence-corrected chi connectivity index (χ1v) is 9.14. The zero-order chi connectivity index (χ0) is 18.6. The van der Waals surface area contributed by atoms with E-state index in [1.807, 2.05) is 36.4 Å². The lowest BCUT2D eigenvalue weighted by atomic mass is 9.65. The van der Waals surface area contributed by atoms with Gasteiger partial charge < -0.3 is 5.32 Å². The zero-order valence-electron chi connectivity index (χ0n) is 15.0. The van der Waals surface area contributed by atoms with Crippen LogP contribution < -0.4 is 10.2 Å². The Balaban J connectivity index is 1.47. The molecule has 2 aliphatic rings. The van der Waals surface area contributed by atoms with Gasteiger partial charge in [-0.1, -0.05) is 48.5 Å². The summed E-state index contributed by atoms with van der Waals surface area (Å²) in [6.45, 7) is 2.09. The van der Waals surface area contributed by atoms with E-state index in [0.29, 0.717) is 24.4 Å². The number of carbonyl (C=O) groups excluding carboxylic acids is 2. The number of carbonyl (C=O) groups is 2. The lowest BCUT2D eigenvalue weighted by molar-refractivity contribution is -0.125. The van der Waals surface area contributed by atoms with Crippen LogP contribution in [0.2, 0.25) is 0 Å². The summed E-state index contributed by atoms with van der Waals surface area (Å²) >= 11 is 0. The number of amides is 3. The molecular weight excluding hydrogens is 338 g/mol. The van der Waals surface area contributed by atoms with Gasteiger partial charge in [-0.2, -0.15) is 0 Å². The Labute approximate surface area is 157 Å². The van der Waals surface area contributed by atoms with Crippen LogP contribution in [-0.4, -0.2) is 22.5 Å². The molecule has 0 atom stereocenters. The van der Waals surface area contributed by atoms with Gasteiger partial charge in [0.15, 0.2) is 0 Å². The molecule has 5 heteroatoms. The number of nitrogens with zero attached hydrogens (tertiary/aromatic N) is 2. The topological polar surface area (TPSA) is 62.3 Å². The van der Waals surface area contributed by atoms with Gasteiger partial charge in [0.1, 0.15) is 5.54 Å². The van der Waals surface area contributed by atoms with Crippen molar-refractivity contribution in [1.82, 2.24) is 10.3 Å². The molecule has 2 heterocycles. The minimum atomic E-state index is -0.791. The molecule has 27 heavy (non-hydrogen) atoms. The van der Waals surface area contributed by atoms with Crippen molar-refractivity contribution >= 4 is 28.4 Å². The van der Waals surface area contributed by atoms with Crippen molar-refractivity contribution in [1.29, 1.82) is 0 Å². The summed E-state index contributed by atoms with van der Waals surface area (Å²) in [4.78, 5) is 31.4. The quantitative estimate of drug-likeness (QED) is 0.707. The first-order valence-electron chi connectivity index (χ1n) is 9.14. The smallest absolute Gasteiger partial charge is 0.323 e. The Morgan fingerprint density at radius 2 is 1.78 bits per heavy atom. The van der Waals surface area contributed by atoms with Crippen molar-refractivity contribution in [2.75, 3.05) is 4.90 Å². The summed E-state index contributed by atoms with van der Waals surface area (Å²) in [5.41, 5.74) is 2.24. The van der Waals surface area contributed by atoms with Gasteiger partial charge in [0.2, 0.25) is 0 Å². The van der Waals surface area contributed by atoms with Gasteiger partial charge in [0, 0.05) is 17.0 Å². The average Bonchev–Trinajstić information content (AvgIpc) is 2.91. The maximum atomic E-state index is 13.2. The first kappa shape index (κ1) is 16.0. The molecule has 1 saturated carbocycles. The summed E-state index contributed by atoms with van der Waals surface area (Å²) in [6, 6.07) is 15.5. The Kier molecular flexibility index (Phi) is 3.34. The van der Waals surface area contributed by atoms with Crippen LogP contribution in [0.3, 0.4) is 0 Å². The van der Waals surface area contributed by atoms with Crippen LogP contribution in [-0.2, 0) is 4.79 Å². The van der Waals surface area contributed by atoms with E-state index in [2.05, 4.69) is 29.4 Å². The zero-order valence-corrected chi connectivity index (χ0v) is 15.0. The molecule has 1 spiro atoms. The number of anilines is 1. The summed E-state index contributed by atoms with van der Waals surface area (Å²) in [5, 5.41) is 4.71. The molecule has 1 aliphatic heterocycles. The van der Waals surface area contributed by atoms with E-state index in [1.165, 1.54) is 16.0 Å². The SMILES string of the molecule is Cc1ccccc1C1CC2(C1)NC(=O)N(c1cncc3ccccc13)C2=O. The van der Waals surface area contributed by atoms with Crippen molar-refractivity contribution in [2.45, 2.75) is 31.2 Å². The number of fused-ring (bicyclic) bond motifs is 1. The molecule has 134 valence electrons. The second kappa shape index (κ2) is 5.64. The summed E-state index contributed by atoms with van der Waals surface area (Å²) < 4.78 is 0. The van der Waals surface area contributed by atoms with Gasteiger partial charge in [-0.3, -0.25) is 9.78 Å². The highest BCUT2D eigenvalue weighted by atomic mass is 16.2. The number of aromatic nitrogens is 1. The Morgan fingerprint density at radius 3 is 2.59 bits per heavy atom. The minimum Gasteiger partial charge on any atom is -0.323 e. The maximum absolute atomic E-state index is 13.2. The molecule has 0 bridgehead atoms. The molecule has 5 nitrogen and oxygen atoms in total.